The number of carbonyl (C=O) groups excluding carboxylic acids is 2. The summed E-state index contributed by atoms with van der Waals surface area (Å²) in [4.78, 5) is 29.0. The Labute approximate surface area is 260 Å². The van der Waals surface area contributed by atoms with E-state index < -0.39 is 12.2 Å². The third kappa shape index (κ3) is 9.32. The molecule has 0 aliphatic carbocycles. The zero-order valence-corrected chi connectivity index (χ0v) is 25.7. The minimum atomic E-state index is -0.578. The second kappa shape index (κ2) is 16.5. The molecule has 0 aromatic heterocycles. The largest absolute Gasteiger partial charge is 0.392 e. The van der Waals surface area contributed by atoms with Gasteiger partial charge in [0.1, 0.15) is 0 Å². The van der Waals surface area contributed by atoms with E-state index in [0.29, 0.717) is 31.0 Å². The lowest BCUT2D eigenvalue weighted by Gasteiger charge is -2.39. The molecule has 3 heterocycles. The van der Waals surface area contributed by atoms with Crippen molar-refractivity contribution in [2.24, 2.45) is 0 Å². The van der Waals surface area contributed by atoms with Gasteiger partial charge in [-0.15, -0.1) is 0 Å². The lowest BCUT2D eigenvalue weighted by Crippen LogP contribution is -2.45. The van der Waals surface area contributed by atoms with E-state index in [0.717, 1.165) is 49.2 Å². The second-order valence-electron chi connectivity index (χ2n) is 12.4. The summed E-state index contributed by atoms with van der Waals surface area (Å²) in [6, 6.07) is 16.2. The van der Waals surface area contributed by atoms with Gasteiger partial charge in [0.15, 0.2) is 6.29 Å². The highest BCUT2D eigenvalue weighted by atomic mass is 16.7. The summed E-state index contributed by atoms with van der Waals surface area (Å²) in [7, 11) is 0. The summed E-state index contributed by atoms with van der Waals surface area (Å²) < 4.78 is 13.2. The summed E-state index contributed by atoms with van der Waals surface area (Å²) in [5, 5.41) is 21.1. The normalized spacial score (nSPS) is 24.4. The predicted molar refractivity (Wildman–Crippen MR) is 167 cm³/mol. The van der Waals surface area contributed by atoms with Crippen LogP contribution < -0.4 is 10.8 Å². The fraction of sp³-hybridized carbons (Fsp3) is 0.588. The molecule has 3 saturated heterocycles. The van der Waals surface area contributed by atoms with Gasteiger partial charge in [0.2, 0.25) is 11.8 Å². The van der Waals surface area contributed by atoms with E-state index >= 15 is 0 Å². The van der Waals surface area contributed by atoms with Crippen molar-refractivity contribution in [1.82, 2.24) is 15.3 Å². The first-order valence-corrected chi connectivity index (χ1v) is 16.3. The summed E-state index contributed by atoms with van der Waals surface area (Å²) in [6.07, 6.45) is 7.66. The van der Waals surface area contributed by atoms with Crippen LogP contribution in [0.5, 0.6) is 0 Å². The molecule has 5 rings (SSSR count). The second-order valence-corrected chi connectivity index (χ2v) is 12.4. The van der Waals surface area contributed by atoms with Crippen molar-refractivity contribution in [2.75, 3.05) is 38.0 Å². The molecule has 4 atom stereocenters. The molecule has 10 nitrogen and oxygen atoms in total. The first-order chi connectivity index (χ1) is 21.5. The number of aliphatic hydroxyl groups is 1. The third-order valence-electron chi connectivity index (χ3n) is 9.09. The number of anilines is 1. The first-order valence-electron chi connectivity index (χ1n) is 16.3. The molecule has 44 heavy (non-hydrogen) atoms. The lowest BCUT2D eigenvalue weighted by atomic mass is 9.99. The molecule has 2 aromatic carbocycles. The van der Waals surface area contributed by atoms with Gasteiger partial charge in [-0.05, 0) is 81.4 Å². The Kier molecular flexibility index (Phi) is 12.2. The molecule has 0 bridgehead atoms. The fourth-order valence-corrected chi connectivity index (χ4v) is 6.69. The summed E-state index contributed by atoms with van der Waals surface area (Å²) in [5.74, 6) is -0.496. The summed E-state index contributed by atoms with van der Waals surface area (Å²) in [6.45, 7) is 5.52. The number of unbranched alkanes of at least 4 members (excludes halogenated alkanes) is 2. The Balaban J connectivity index is 1.23. The number of amides is 2. The quantitative estimate of drug-likeness (QED) is 0.139. The molecular formula is C34H48N4O6. The van der Waals surface area contributed by atoms with Gasteiger partial charge in [-0.1, -0.05) is 42.8 Å². The zero-order chi connectivity index (χ0) is 30.7. The van der Waals surface area contributed by atoms with Gasteiger partial charge in [-0.25, -0.2) is 5.48 Å². The average Bonchev–Trinajstić information content (AvgIpc) is 3.73. The number of nitrogens with one attached hydrogen (secondary N) is 2. The molecule has 0 spiro atoms. The van der Waals surface area contributed by atoms with Crippen molar-refractivity contribution < 1.29 is 29.4 Å². The average molecular weight is 609 g/mol. The Morgan fingerprint density at radius 1 is 0.864 bits per heavy atom. The van der Waals surface area contributed by atoms with Crippen molar-refractivity contribution in [3.8, 4) is 0 Å². The van der Waals surface area contributed by atoms with Crippen LogP contribution in [0.2, 0.25) is 0 Å². The standard InChI is InChI=1S/C34H48N4O6/c39-24-25-13-15-26(16-14-25)31-21-30(23-38-19-7-10-29(38)22-37-17-4-5-18-37)43-34(44-31)27-8-6-9-28(20-27)35-32(40)11-2-1-3-12-33(41)36-42/h6,8-9,13-16,20,29-31,34,39,42H,1-5,7,10-12,17-19,21-24H2,(H,35,40)(H,36,41)/t29-,30+,31-,34-/m0/s1. The minimum absolute atomic E-state index is 0.00686. The summed E-state index contributed by atoms with van der Waals surface area (Å²) >= 11 is 0. The number of aliphatic hydroxyl groups excluding tert-OH is 1. The number of nitrogens with zero attached hydrogens (tertiary/aromatic N) is 2. The first kappa shape index (κ1) is 32.5. The monoisotopic (exact) mass is 608 g/mol. The number of rotatable bonds is 14. The van der Waals surface area contributed by atoms with Crippen molar-refractivity contribution >= 4 is 17.5 Å². The van der Waals surface area contributed by atoms with Crippen LogP contribution in [0.15, 0.2) is 48.5 Å². The highest BCUT2D eigenvalue weighted by Gasteiger charge is 2.36. The Bertz CT molecular complexity index is 1200. The number of ether oxygens (including phenoxy) is 2. The molecule has 2 amide bonds. The van der Waals surface area contributed by atoms with E-state index in [2.05, 4.69) is 15.1 Å². The molecule has 3 fully saturated rings. The number of benzene rings is 2. The molecule has 0 unspecified atom stereocenters. The maximum atomic E-state index is 12.6. The Hall–Kier alpha value is -2.86. The molecule has 4 N–H and O–H groups in total. The molecule has 2 aromatic rings. The SMILES string of the molecule is O=C(CCCCCC(=O)Nc1cccc([C@H]2O[C@@H](CN3CCC[C@H]3CN3CCCC3)C[C@@H](c3ccc(CO)cc3)O2)c1)NO. The molecular weight excluding hydrogens is 560 g/mol. The van der Waals surface area contributed by atoms with Gasteiger partial charge in [0.05, 0.1) is 18.8 Å². The maximum absolute atomic E-state index is 12.6. The zero-order valence-electron chi connectivity index (χ0n) is 25.7. The van der Waals surface area contributed by atoms with Gasteiger partial charge >= 0.3 is 0 Å². The van der Waals surface area contributed by atoms with E-state index in [9.17, 15) is 14.7 Å². The third-order valence-corrected chi connectivity index (χ3v) is 9.09. The maximum Gasteiger partial charge on any atom is 0.243 e. The van der Waals surface area contributed by atoms with Gasteiger partial charge in [-0.2, -0.15) is 0 Å². The Morgan fingerprint density at radius 3 is 2.39 bits per heavy atom. The molecule has 0 saturated carbocycles. The van der Waals surface area contributed by atoms with Crippen molar-refractivity contribution in [3.63, 3.8) is 0 Å². The van der Waals surface area contributed by atoms with E-state index in [4.69, 9.17) is 14.7 Å². The molecule has 3 aliphatic heterocycles. The van der Waals surface area contributed by atoms with Gasteiger partial charge in [0.25, 0.3) is 0 Å². The van der Waals surface area contributed by atoms with Crippen LogP contribution in [0.4, 0.5) is 5.69 Å². The lowest BCUT2D eigenvalue weighted by molar-refractivity contribution is -0.253. The van der Waals surface area contributed by atoms with Crippen LogP contribution in [0.25, 0.3) is 0 Å². The summed E-state index contributed by atoms with van der Waals surface area (Å²) in [5.41, 5.74) is 5.11. The van der Waals surface area contributed by atoms with E-state index in [1.165, 1.54) is 38.8 Å². The van der Waals surface area contributed by atoms with E-state index in [1.54, 1.807) is 5.48 Å². The number of hydrogen-bond acceptors (Lipinski definition) is 8. The molecule has 3 aliphatic rings. The number of hydrogen-bond donors (Lipinski definition) is 4. The van der Waals surface area contributed by atoms with Crippen molar-refractivity contribution in [2.45, 2.75) is 95.4 Å². The predicted octanol–water partition coefficient (Wildman–Crippen LogP) is 4.68. The number of hydroxylamine groups is 1. The Morgan fingerprint density at radius 2 is 1.64 bits per heavy atom. The van der Waals surface area contributed by atoms with Crippen LogP contribution in [0, 0.1) is 0 Å². The molecule has 0 radical (unpaired) electrons. The molecule has 240 valence electrons. The van der Waals surface area contributed by atoms with E-state index in [1.807, 2.05) is 48.5 Å². The van der Waals surface area contributed by atoms with Crippen LogP contribution in [0.1, 0.15) is 93.3 Å². The minimum Gasteiger partial charge on any atom is -0.392 e. The van der Waals surface area contributed by atoms with Crippen LogP contribution in [-0.4, -0.2) is 76.8 Å². The van der Waals surface area contributed by atoms with Gasteiger partial charge < -0.3 is 24.8 Å². The van der Waals surface area contributed by atoms with Crippen molar-refractivity contribution in [1.29, 1.82) is 0 Å². The smallest absolute Gasteiger partial charge is 0.243 e. The number of likely N-dealkylation sites (tertiary alicyclic amines) is 2. The van der Waals surface area contributed by atoms with Gasteiger partial charge in [0, 0.05) is 49.6 Å². The van der Waals surface area contributed by atoms with E-state index in [-0.39, 0.29) is 31.1 Å². The van der Waals surface area contributed by atoms with Crippen LogP contribution in [-0.2, 0) is 25.7 Å². The van der Waals surface area contributed by atoms with Crippen LogP contribution >= 0.6 is 0 Å². The topological polar surface area (TPSA) is 124 Å². The molecule has 10 heteroatoms. The number of carbonyl (C=O) groups is 2. The fourth-order valence-electron chi connectivity index (χ4n) is 6.69. The highest BCUT2D eigenvalue weighted by molar-refractivity contribution is 5.90. The van der Waals surface area contributed by atoms with Crippen LogP contribution in [0.3, 0.4) is 0 Å². The highest BCUT2D eigenvalue weighted by Crippen LogP contribution is 2.39. The van der Waals surface area contributed by atoms with Crippen molar-refractivity contribution in [3.05, 3.63) is 65.2 Å². The van der Waals surface area contributed by atoms with Gasteiger partial charge in [-0.3, -0.25) is 19.7 Å².